The van der Waals surface area contributed by atoms with Crippen LogP contribution < -0.4 is 4.80 Å². The highest BCUT2D eigenvalue weighted by molar-refractivity contribution is 7.16. The second kappa shape index (κ2) is 8.66. The second-order valence-corrected chi connectivity index (χ2v) is 8.23. The highest BCUT2D eigenvalue weighted by Gasteiger charge is 2.17. The third-order valence-corrected chi connectivity index (χ3v) is 6.11. The Balaban J connectivity index is 2.14. The summed E-state index contributed by atoms with van der Waals surface area (Å²) in [6.07, 6.45) is 0. The van der Waals surface area contributed by atoms with E-state index < -0.39 is 17.8 Å². The van der Waals surface area contributed by atoms with Crippen LogP contribution in [0, 0.1) is 13.8 Å². The third kappa shape index (κ3) is 4.43. The van der Waals surface area contributed by atoms with Crippen LogP contribution >= 0.6 is 22.7 Å². The van der Waals surface area contributed by atoms with E-state index in [9.17, 15) is 14.4 Å². The summed E-state index contributed by atoms with van der Waals surface area (Å²) < 4.78 is 12.1. The first-order valence-corrected chi connectivity index (χ1v) is 10.4. The molecule has 10 heteroatoms. The first-order valence-electron chi connectivity index (χ1n) is 8.74. The Morgan fingerprint density at radius 2 is 1.97 bits per heavy atom. The van der Waals surface area contributed by atoms with Crippen LogP contribution in [-0.4, -0.2) is 41.1 Å². The quantitative estimate of drug-likeness (QED) is 0.574. The van der Waals surface area contributed by atoms with Gasteiger partial charge >= 0.3 is 11.9 Å². The molecule has 3 aromatic rings. The lowest BCUT2D eigenvalue weighted by Gasteiger charge is -2.05. The fourth-order valence-electron chi connectivity index (χ4n) is 2.71. The zero-order valence-corrected chi connectivity index (χ0v) is 18.0. The first-order chi connectivity index (χ1) is 13.8. The molecule has 0 fully saturated rings. The predicted molar refractivity (Wildman–Crippen MR) is 109 cm³/mol. The summed E-state index contributed by atoms with van der Waals surface area (Å²) in [5.41, 5.74) is 1.67. The molecule has 29 heavy (non-hydrogen) atoms. The highest BCUT2D eigenvalue weighted by Crippen LogP contribution is 2.21. The molecule has 0 spiro atoms. The molecule has 0 aliphatic rings. The molecule has 0 unspecified atom stereocenters. The zero-order chi connectivity index (χ0) is 21.1. The number of aromatic nitrogens is 2. The van der Waals surface area contributed by atoms with Gasteiger partial charge in [0.25, 0.3) is 5.91 Å². The third-order valence-electron chi connectivity index (χ3n) is 4.00. The average Bonchev–Trinajstić information content (AvgIpc) is 3.20. The van der Waals surface area contributed by atoms with E-state index >= 15 is 0 Å². The van der Waals surface area contributed by atoms with Gasteiger partial charge in [-0.25, -0.2) is 9.78 Å². The number of aryl methyl sites for hydroxylation is 2. The Hall–Kier alpha value is -2.85. The normalized spacial score (nSPS) is 11.7. The topological polar surface area (TPSA) is 99.9 Å². The van der Waals surface area contributed by atoms with Crippen LogP contribution in [-0.2, 0) is 20.8 Å². The second-order valence-electron chi connectivity index (χ2n) is 6.01. The molecule has 2 heterocycles. The SMILES string of the molecule is CCOC(=O)c1ccc2c(c1)sc(=NC(=O)c1sc(C)nc1C)n2CC(=O)OC. The molecule has 3 rings (SSSR count). The first kappa shape index (κ1) is 20.9. The van der Waals surface area contributed by atoms with Crippen molar-refractivity contribution in [2.45, 2.75) is 27.3 Å². The lowest BCUT2D eigenvalue weighted by molar-refractivity contribution is -0.141. The van der Waals surface area contributed by atoms with Crippen molar-refractivity contribution in [3.05, 3.63) is 44.1 Å². The number of hydrogen-bond acceptors (Lipinski definition) is 8. The molecule has 0 aliphatic carbocycles. The fraction of sp³-hybridized carbons (Fsp3) is 0.316. The van der Waals surface area contributed by atoms with Crippen LogP contribution in [0.3, 0.4) is 0 Å². The van der Waals surface area contributed by atoms with Crippen molar-refractivity contribution in [1.82, 2.24) is 9.55 Å². The predicted octanol–water partition coefficient (Wildman–Crippen LogP) is 2.87. The van der Waals surface area contributed by atoms with Crippen molar-refractivity contribution >= 4 is 50.7 Å². The number of esters is 2. The maximum atomic E-state index is 12.7. The molecule has 2 aromatic heterocycles. The van der Waals surface area contributed by atoms with Gasteiger partial charge < -0.3 is 14.0 Å². The summed E-state index contributed by atoms with van der Waals surface area (Å²) in [6.45, 7) is 5.47. The zero-order valence-electron chi connectivity index (χ0n) is 16.3. The molecule has 0 bridgehead atoms. The molecule has 0 saturated heterocycles. The van der Waals surface area contributed by atoms with Crippen LogP contribution in [0.5, 0.6) is 0 Å². The lowest BCUT2D eigenvalue weighted by Crippen LogP contribution is -2.22. The molecule has 1 amide bonds. The van der Waals surface area contributed by atoms with Gasteiger partial charge in [-0.3, -0.25) is 9.59 Å². The van der Waals surface area contributed by atoms with Crippen molar-refractivity contribution in [1.29, 1.82) is 0 Å². The molecular weight excluding hydrogens is 414 g/mol. The Morgan fingerprint density at radius 1 is 1.21 bits per heavy atom. The molecule has 0 saturated carbocycles. The monoisotopic (exact) mass is 433 g/mol. The Morgan fingerprint density at radius 3 is 2.59 bits per heavy atom. The van der Waals surface area contributed by atoms with Gasteiger partial charge in [-0.2, -0.15) is 4.99 Å². The average molecular weight is 434 g/mol. The van der Waals surface area contributed by atoms with E-state index in [1.54, 1.807) is 36.6 Å². The number of ether oxygens (including phenoxy) is 2. The number of fused-ring (bicyclic) bond motifs is 1. The van der Waals surface area contributed by atoms with E-state index in [4.69, 9.17) is 9.47 Å². The van der Waals surface area contributed by atoms with E-state index in [2.05, 4.69) is 9.98 Å². The molecule has 0 N–H and O–H groups in total. The maximum absolute atomic E-state index is 12.7. The van der Waals surface area contributed by atoms with Gasteiger partial charge in [-0.1, -0.05) is 11.3 Å². The molecule has 1 aromatic carbocycles. The lowest BCUT2D eigenvalue weighted by atomic mass is 10.2. The summed E-state index contributed by atoms with van der Waals surface area (Å²) in [7, 11) is 1.29. The summed E-state index contributed by atoms with van der Waals surface area (Å²) in [4.78, 5) is 45.9. The molecule has 0 aliphatic heterocycles. The number of thiazole rings is 2. The van der Waals surface area contributed by atoms with Gasteiger partial charge in [-0.05, 0) is 39.0 Å². The van der Waals surface area contributed by atoms with Crippen molar-refractivity contribution in [2.24, 2.45) is 4.99 Å². The van der Waals surface area contributed by atoms with Crippen molar-refractivity contribution < 1.29 is 23.9 Å². The number of carbonyl (C=O) groups is 3. The minimum Gasteiger partial charge on any atom is -0.468 e. The van der Waals surface area contributed by atoms with Crippen LogP contribution in [0.2, 0.25) is 0 Å². The van der Waals surface area contributed by atoms with E-state index in [1.807, 2.05) is 6.92 Å². The molecule has 0 atom stereocenters. The number of benzene rings is 1. The van der Waals surface area contributed by atoms with Gasteiger partial charge in [0.1, 0.15) is 11.4 Å². The Bertz CT molecular complexity index is 1170. The van der Waals surface area contributed by atoms with Gasteiger partial charge in [0.2, 0.25) is 0 Å². The van der Waals surface area contributed by atoms with Crippen LogP contribution in [0.4, 0.5) is 0 Å². The van der Waals surface area contributed by atoms with E-state index in [1.165, 1.54) is 29.8 Å². The molecule has 152 valence electrons. The number of rotatable bonds is 5. The standard InChI is InChI=1S/C19H19N3O5S2/c1-5-27-18(25)12-6-7-13-14(8-12)29-19(22(13)9-15(23)26-4)21-17(24)16-10(2)20-11(3)28-16/h6-8H,5,9H2,1-4H3. The van der Waals surface area contributed by atoms with Gasteiger partial charge in [0.15, 0.2) is 4.80 Å². The van der Waals surface area contributed by atoms with Gasteiger partial charge in [0.05, 0.1) is 40.2 Å². The summed E-state index contributed by atoms with van der Waals surface area (Å²) in [5, 5.41) is 0.777. The summed E-state index contributed by atoms with van der Waals surface area (Å²) in [5.74, 6) is -1.34. The summed E-state index contributed by atoms with van der Waals surface area (Å²) >= 11 is 2.48. The minimum atomic E-state index is -0.474. The van der Waals surface area contributed by atoms with E-state index in [0.717, 1.165) is 5.01 Å². The fourth-order valence-corrected chi connectivity index (χ4v) is 4.59. The van der Waals surface area contributed by atoms with Crippen molar-refractivity contribution in [3.8, 4) is 0 Å². The largest absolute Gasteiger partial charge is 0.468 e. The molecular formula is C19H19N3O5S2. The number of carbonyl (C=O) groups excluding carboxylic acids is 3. The molecule has 8 nitrogen and oxygen atoms in total. The van der Waals surface area contributed by atoms with E-state index in [-0.39, 0.29) is 13.2 Å². The maximum Gasteiger partial charge on any atom is 0.338 e. The van der Waals surface area contributed by atoms with Gasteiger partial charge in [0, 0.05) is 0 Å². The van der Waals surface area contributed by atoms with Crippen LogP contribution in [0.25, 0.3) is 10.2 Å². The Kier molecular flexibility index (Phi) is 6.23. The van der Waals surface area contributed by atoms with Crippen molar-refractivity contribution in [2.75, 3.05) is 13.7 Å². The number of hydrogen-bond donors (Lipinski definition) is 0. The Labute approximate surface area is 174 Å². The number of amides is 1. The van der Waals surface area contributed by atoms with Gasteiger partial charge in [-0.15, -0.1) is 11.3 Å². The smallest absolute Gasteiger partial charge is 0.338 e. The number of nitrogens with zero attached hydrogens (tertiary/aromatic N) is 3. The molecule has 0 radical (unpaired) electrons. The van der Waals surface area contributed by atoms with Crippen LogP contribution in [0.1, 0.15) is 37.7 Å². The van der Waals surface area contributed by atoms with E-state index in [0.29, 0.717) is 31.2 Å². The highest BCUT2D eigenvalue weighted by atomic mass is 32.1. The minimum absolute atomic E-state index is 0.109. The number of methoxy groups -OCH3 is 1. The van der Waals surface area contributed by atoms with Crippen molar-refractivity contribution in [3.63, 3.8) is 0 Å². The summed E-state index contributed by atoms with van der Waals surface area (Å²) in [6, 6.07) is 4.98. The van der Waals surface area contributed by atoms with Crippen LogP contribution in [0.15, 0.2) is 23.2 Å².